The minimum Gasteiger partial charge on any atom is -0.466 e. The summed E-state index contributed by atoms with van der Waals surface area (Å²) in [6, 6.07) is 7.80. The average Bonchev–Trinajstić information content (AvgIpc) is 2.97. The lowest BCUT2D eigenvalue weighted by Gasteiger charge is -2.34. The number of likely N-dealkylation sites (tertiary alicyclic amines) is 2. The van der Waals surface area contributed by atoms with Gasteiger partial charge in [0.15, 0.2) is 0 Å². The number of benzene rings is 1. The van der Waals surface area contributed by atoms with Crippen molar-refractivity contribution in [1.82, 2.24) is 9.80 Å². The number of hydrogen-bond acceptors (Lipinski definition) is 4. The van der Waals surface area contributed by atoms with Gasteiger partial charge in [-0.2, -0.15) is 0 Å². The Balaban J connectivity index is 1.70. The molecule has 2 saturated heterocycles. The van der Waals surface area contributed by atoms with Gasteiger partial charge >= 0.3 is 5.97 Å². The lowest BCUT2D eigenvalue weighted by Crippen LogP contribution is -2.44. The molecule has 6 nitrogen and oxygen atoms in total. The summed E-state index contributed by atoms with van der Waals surface area (Å²) in [6.07, 6.45) is 1.48. The lowest BCUT2D eigenvalue weighted by atomic mass is 9.90. The second-order valence-electron chi connectivity index (χ2n) is 7.52. The van der Waals surface area contributed by atoms with E-state index in [1.54, 1.807) is 18.9 Å². The summed E-state index contributed by atoms with van der Waals surface area (Å²) >= 11 is 0. The summed E-state index contributed by atoms with van der Waals surface area (Å²) in [5, 5.41) is 0. The third-order valence-electron chi connectivity index (χ3n) is 5.75. The molecule has 1 aromatic rings. The highest BCUT2D eigenvalue weighted by Crippen LogP contribution is 2.38. The van der Waals surface area contributed by atoms with E-state index in [-0.39, 0.29) is 42.1 Å². The number of rotatable bonds is 4. The second-order valence-corrected chi connectivity index (χ2v) is 7.52. The van der Waals surface area contributed by atoms with Gasteiger partial charge in [0.25, 0.3) is 0 Å². The van der Waals surface area contributed by atoms with Gasteiger partial charge in [0.2, 0.25) is 11.8 Å². The zero-order valence-electron chi connectivity index (χ0n) is 16.3. The average molecular weight is 372 g/mol. The maximum atomic E-state index is 13.2. The standard InChI is InChI=1S/C21H28N2O4/c1-4-27-21(26)16-9-11-23(12-10-16)20(25)17-13-18(24)22(3)19(17)15-7-5-14(2)6-8-15/h5-8,16-17,19H,4,9-13H2,1-3H3/t17-,19+/m1/s1. The first-order chi connectivity index (χ1) is 12.9. The van der Waals surface area contributed by atoms with Crippen LogP contribution in [-0.2, 0) is 19.1 Å². The smallest absolute Gasteiger partial charge is 0.309 e. The minimum atomic E-state index is -0.371. The van der Waals surface area contributed by atoms with Gasteiger partial charge in [-0.3, -0.25) is 14.4 Å². The van der Waals surface area contributed by atoms with Crippen LogP contribution in [0.4, 0.5) is 0 Å². The molecule has 0 bridgehead atoms. The van der Waals surface area contributed by atoms with E-state index in [0.717, 1.165) is 11.1 Å². The van der Waals surface area contributed by atoms with E-state index in [9.17, 15) is 14.4 Å². The first kappa shape index (κ1) is 19.4. The molecular weight excluding hydrogens is 344 g/mol. The van der Waals surface area contributed by atoms with Crippen molar-refractivity contribution in [3.8, 4) is 0 Å². The van der Waals surface area contributed by atoms with Crippen molar-refractivity contribution >= 4 is 17.8 Å². The fraction of sp³-hybridized carbons (Fsp3) is 0.571. The first-order valence-corrected chi connectivity index (χ1v) is 9.70. The molecule has 0 radical (unpaired) electrons. The number of ether oxygens (including phenoxy) is 1. The summed E-state index contributed by atoms with van der Waals surface area (Å²) in [5.41, 5.74) is 2.14. The molecule has 2 aliphatic heterocycles. The highest BCUT2D eigenvalue weighted by Gasteiger charge is 2.44. The molecule has 0 N–H and O–H groups in total. The molecular formula is C21H28N2O4. The predicted molar refractivity (Wildman–Crippen MR) is 101 cm³/mol. The molecule has 0 aromatic heterocycles. The van der Waals surface area contributed by atoms with Crippen LogP contribution in [0.2, 0.25) is 0 Å². The third-order valence-corrected chi connectivity index (χ3v) is 5.75. The van der Waals surface area contributed by atoms with Crippen molar-refractivity contribution in [2.24, 2.45) is 11.8 Å². The fourth-order valence-corrected chi connectivity index (χ4v) is 4.14. The van der Waals surface area contributed by atoms with Gasteiger partial charge in [-0.15, -0.1) is 0 Å². The van der Waals surface area contributed by atoms with Crippen molar-refractivity contribution in [3.05, 3.63) is 35.4 Å². The molecule has 27 heavy (non-hydrogen) atoms. The molecule has 2 atom stereocenters. The monoisotopic (exact) mass is 372 g/mol. The lowest BCUT2D eigenvalue weighted by molar-refractivity contribution is -0.152. The summed E-state index contributed by atoms with van der Waals surface area (Å²) in [7, 11) is 1.77. The summed E-state index contributed by atoms with van der Waals surface area (Å²) in [6.45, 7) is 5.28. The Morgan fingerprint density at radius 3 is 2.37 bits per heavy atom. The fourth-order valence-electron chi connectivity index (χ4n) is 4.14. The van der Waals surface area contributed by atoms with Gasteiger partial charge in [-0.05, 0) is 32.3 Å². The summed E-state index contributed by atoms with van der Waals surface area (Å²) < 4.78 is 5.10. The first-order valence-electron chi connectivity index (χ1n) is 9.70. The Labute approximate surface area is 160 Å². The summed E-state index contributed by atoms with van der Waals surface area (Å²) in [5.74, 6) is -0.655. The molecule has 2 aliphatic rings. The highest BCUT2D eigenvalue weighted by molar-refractivity contribution is 5.90. The van der Waals surface area contributed by atoms with Crippen molar-refractivity contribution in [2.75, 3.05) is 26.7 Å². The molecule has 2 amide bonds. The zero-order chi connectivity index (χ0) is 19.6. The van der Waals surface area contributed by atoms with Crippen LogP contribution >= 0.6 is 0 Å². The van der Waals surface area contributed by atoms with Crippen molar-refractivity contribution in [1.29, 1.82) is 0 Å². The van der Waals surface area contributed by atoms with Gasteiger partial charge in [-0.1, -0.05) is 29.8 Å². The SMILES string of the molecule is CCOC(=O)C1CCN(C(=O)[C@@H]2CC(=O)N(C)[C@H]2c2ccc(C)cc2)CC1. The number of piperidine rings is 1. The van der Waals surface area contributed by atoms with E-state index in [1.165, 1.54) is 0 Å². The van der Waals surface area contributed by atoms with Crippen LogP contribution in [0.1, 0.15) is 43.4 Å². The molecule has 3 rings (SSSR count). The maximum absolute atomic E-state index is 13.2. The van der Waals surface area contributed by atoms with Crippen LogP contribution in [0.5, 0.6) is 0 Å². The minimum absolute atomic E-state index is 0.000310. The van der Waals surface area contributed by atoms with Gasteiger partial charge in [0.05, 0.1) is 24.5 Å². The van der Waals surface area contributed by atoms with Crippen LogP contribution in [0.15, 0.2) is 24.3 Å². The van der Waals surface area contributed by atoms with Crippen LogP contribution < -0.4 is 0 Å². The van der Waals surface area contributed by atoms with Crippen LogP contribution in [0.25, 0.3) is 0 Å². The normalized spacial score (nSPS) is 23.6. The summed E-state index contributed by atoms with van der Waals surface area (Å²) in [4.78, 5) is 40.9. The van der Waals surface area contributed by atoms with E-state index in [0.29, 0.717) is 32.5 Å². The Morgan fingerprint density at radius 2 is 1.78 bits per heavy atom. The molecule has 0 unspecified atom stereocenters. The van der Waals surface area contributed by atoms with E-state index in [2.05, 4.69) is 0 Å². The molecule has 1 aromatic carbocycles. The van der Waals surface area contributed by atoms with Crippen LogP contribution in [-0.4, -0.2) is 54.3 Å². The van der Waals surface area contributed by atoms with Crippen LogP contribution in [0.3, 0.4) is 0 Å². The maximum Gasteiger partial charge on any atom is 0.309 e. The molecule has 0 saturated carbocycles. The molecule has 2 heterocycles. The number of amides is 2. The number of carbonyl (C=O) groups excluding carboxylic acids is 3. The van der Waals surface area contributed by atoms with Crippen molar-refractivity contribution in [2.45, 2.75) is 39.2 Å². The van der Waals surface area contributed by atoms with E-state index >= 15 is 0 Å². The van der Waals surface area contributed by atoms with E-state index in [1.807, 2.05) is 36.1 Å². The van der Waals surface area contributed by atoms with Gasteiger partial charge in [0.1, 0.15) is 0 Å². The van der Waals surface area contributed by atoms with Gasteiger partial charge < -0.3 is 14.5 Å². The molecule has 6 heteroatoms. The number of nitrogens with zero attached hydrogens (tertiary/aromatic N) is 2. The van der Waals surface area contributed by atoms with E-state index < -0.39 is 0 Å². The number of aryl methyl sites for hydroxylation is 1. The Kier molecular flexibility index (Phi) is 5.82. The molecule has 2 fully saturated rings. The Hall–Kier alpha value is -2.37. The molecule has 0 spiro atoms. The zero-order valence-corrected chi connectivity index (χ0v) is 16.3. The quantitative estimate of drug-likeness (QED) is 0.761. The van der Waals surface area contributed by atoms with Gasteiger partial charge in [0, 0.05) is 26.6 Å². The van der Waals surface area contributed by atoms with Crippen molar-refractivity contribution in [3.63, 3.8) is 0 Å². The number of carbonyl (C=O) groups is 3. The van der Waals surface area contributed by atoms with Crippen molar-refractivity contribution < 1.29 is 19.1 Å². The molecule has 146 valence electrons. The Morgan fingerprint density at radius 1 is 1.15 bits per heavy atom. The second kappa shape index (κ2) is 8.11. The Bertz CT molecular complexity index is 707. The molecule has 0 aliphatic carbocycles. The van der Waals surface area contributed by atoms with Gasteiger partial charge in [-0.25, -0.2) is 0 Å². The third kappa shape index (κ3) is 3.99. The largest absolute Gasteiger partial charge is 0.466 e. The number of esters is 1. The topological polar surface area (TPSA) is 66.9 Å². The highest BCUT2D eigenvalue weighted by atomic mass is 16.5. The number of hydrogen-bond donors (Lipinski definition) is 0. The van der Waals surface area contributed by atoms with Crippen LogP contribution in [0, 0.1) is 18.8 Å². The van der Waals surface area contributed by atoms with E-state index in [4.69, 9.17) is 4.74 Å². The predicted octanol–water partition coefficient (Wildman–Crippen LogP) is 2.32.